The molecule has 0 saturated heterocycles. The number of rotatable bonds is 6. The predicted molar refractivity (Wildman–Crippen MR) is 78.6 cm³/mol. The van der Waals surface area contributed by atoms with E-state index in [2.05, 4.69) is 5.32 Å². The molecule has 1 amide bonds. The van der Waals surface area contributed by atoms with Crippen molar-refractivity contribution < 1.29 is 17.9 Å². The van der Waals surface area contributed by atoms with Gasteiger partial charge in [-0.3, -0.25) is 4.79 Å². The first-order valence-electron chi connectivity index (χ1n) is 6.83. The molecule has 6 nitrogen and oxygen atoms in total. The Morgan fingerprint density at radius 1 is 1.33 bits per heavy atom. The van der Waals surface area contributed by atoms with Crippen molar-refractivity contribution in [3.05, 3.63) is 23.3 Å². The van der Waals surface area contributed by atoms with Crippen LogP contribution in [-0.2, 0) is 14.8 Å². The molecule has 3 N–H and O–H groups in total. The third-order valence-electron chi connectivity index (χ3n) is 3.31. The minimum Gasteiger partial charge on any atom is -0.493 e. The fourth-order valence-corrected chi connectivity index (χ4v) is 2.86. The van der Waals surface area contributed by atoms with Crippen LogP contribution in [0.15, 0.2) is 17.0 Å². The Morgan fingerprint density at radius 3 is 2.57 bits per heavy atom. The number of ether oxygens (including phenoxy) is 1. The van der Waals surface area contributed by atoms with Crippen molar-refractivity contribution in [1.82, 2.24) is 5.32 Å². The Labute approximate surface area is 124 Å². The number of nitrogens with two attached hydrogens (primary N) is 1. The maximum atomic E-state index is 11.5. The summed E-state index contributed by atoms with van der Waals surface area (Å²) in [6.45, 7) is 3.66. The molecule has 7 heteroatoms. The number of nitrogens with one attached hydrogen (secondary N) is 1. The van der Waals surface area contributed by atoms with Gasteiger partial charge in [0.15, 0.2) is 0 Å². The van der Waals surface area contributed by atoms with E-state index in [0.717, 1.165) is 12.8 Å². The number of hydrogen-bond acceptors (Lipinski definition) is 4. The van der Waals surface area contributed by atoms with Crippen molar-refractivity contribution in [3.8, 4) is 5.75 Å². The summed E-state index contributed by atoms with van der Waals surface area (Å²) in [5.74, 6) is 0.548. The molecule has 1 aliphatic rings. The van der Waals surface area contributed by atoms with E-state index in [1.165, 1.54) is 6.07 Å². The first-order valence-corrected chi connectivity index (χ1v) is 8.38. The molecule has 116 valence electrons. The zero-order chi connectivity index (χ0) is 15.6. The van der Waals surface area contributed by atoms with Gasteiger partial charge in [0.2, 0.25) is 15.9 Å². The van der Waals surface area contributed by atoms with Gasteiger partial charge < -0.3 is 10.1 Å². The molecule has 21 heavy (non-hydrogen) atoms. The summed E-state index contributed by atoms with van der Waals surface area (Å²) in [5.41, 5.74) is 1.20. The van der Waals surface area contributed by atoms with Gasteiger partial charge in [-0.2, -0.15) is 0 Å². The second-order valence-corrected chi connectivity index (χ2v) is 6.90. The van der Waals surface area contributed by atoms with Gasteiger partial charge in [0.05, 0.1) is 17.9 Å². The third kappa shape index (κ3) is 4.44. The van der Waals surface area contributed by atoms with E-state index in [1.807, 2.05) is 0 Å². The first-order chi connectivity index (χ1) is 9.77. The highest BCUT2D eigenvalue weighted by Gasteiger charge is 2.23. The van der Waals surface area contributed by atoms with Crippen molar-refractivity contribution in [3.63, 3.8) is 0 Å². The van der Waals surface area contributed by atoms with Gasteiger partial charge in [0, 0.05) is 6.04 Å². The number of aryl methyl sites for hydroxylation is 2. The largest absolute Gasteiger partial charge is 0.493 e. The number of amides is 1. The summed E-state index contributed by atoms with van der Waals surface area (Å²) in [4.78, 5) is 11.6. The molecule has 1 aliphatic carbocycles. The van der Waals surface area contributed by atoms with E-state index in [-0.39, 0.29) is 23.8 Å². The lowest BCUT2D eigenvalue weighted by atomic mass is 10.1. The van der Waals surface area contributed by atoms with Gasteiger partial charge in [0.25, 0.3) is 0 Å². The molecule has 0 spiro atoms. The lowest BCUT2D eigenvalue weighted by molar-refractivity contribution is -0.121. The summed E-state index contributed by atoms with van der Waals surface area (Å²) in [6, 6.07) is 3.47. The maximum Gasteiger partial charge on any atom is 0.238 e. The molecule has 0 radical (unpaired) electrons. The summed E-state index contributed by atoms with van der Waals surface area (Å²) >= 11 is 0. The van der Waals surface area contributed by atoms with Crippen LogP contribution in [0.5, 0.6) is 5.75 Å². The van der Waals surface area contributed by atoms with Crippen LogP contribution >= 0.6 is 0 Å². The molecule has 1 saturated carbocycles. The van der Waals surface area contributed by atoms with Crippen LogP contribution in [0.3, 0.4) is 0 Å². The molecule has 1 aromatic carbocycles. The fraction of sp³-hybridized carbons (Fsp3) is 0.500. The highest BCUT2D eigenvalue weighted by Crippen LogP contribution is 2.25. The SMILES string of the molecule is Cc1cc(S(N)(=O)=O)c(C)cc1OCCC(=O)NC1CC1. The summed E-state index contributed by atoms with van der Waals surface area (Å²) in [6.07, 6.45) is 2.39. The zero-order valence-corrected chi connectivity index (χ0v) is 13.0. The van der Waals surface area contributed by atoms with E-state index in [4.69, 9.17) is 9.88 Å². The highest BCUT2D eigenvalue weighted by atomic mass is 32.2. The van der Waals surface area contributed by atoms with E-state index >= 15 is 0 Å². The van der Waals surface area contributed by atoms with Crippen molar-refractivity contribution in [1.29, 1.82) is 0 Å². The lowest BCUT2D eigenvalue weighted by Crippen LogP contribution is -2.26. The molecule has 1 fully saturated rings. The van der Waals surface area contributed by atoms with E-state index in [1.54, 1.807) is 19.9 Å². The van der Waals surface area contributed by atoms with Crippen LogP contribution in [0.4, 0.5) is 0 Å². The summed E-state index contributed by atoms with van der Waals surface area (Å²) < 4.78 is 28.4. The number of hydrogen-bond donors (Lipinski definition) is 2. The Kier molecular flexibility index (Phi) is 4.53. The third-order valence-corrected chi connectivity index (χ3v) is 4.36. The first kappa shape index (κ1) is 15.8. The average Bonchev–Trinajstić information content (AvgIpc) is 3.15. The van der Waals surface area contributed by atoms with Crippen molar-refractivity contribution in [2.75, 3.05) is 6.61 Å². The Morgan fingerprint density at radius 2 is 2.00 bits per heavy atom. The predicted octanol–water partition coefficient (Wildman–Crippen LogP) is 0.998. The topological polar surface area (TPSA) is 98.5 Å². The zero-order valence-electron chi connectivity index (χ0n) is 12.2. The van der Waals surface area contributed by atoms with E-state index < -0.39 is 10.0 Å². The molecule has 0 aromatic heterocycles. The molecular formula is C14H20N2O4S. The maximum absolute atomic E-state index is 11.5. The van der Waals surface area contributed by atoms with Crippen molar-refractivity contribution in [2.45, 2.75) is 44.0 Å². The second-order valence-electron chi connectivity index (χ2n) is 5.37. The van der Waals surface area contributed by atoms with Gasteiger partial charge in [0.1, 0.15) is 5.75 Å². The lowest BCUT2D eigenvalue weighted by Gasteiger charge is -2.12. The Balaban J connectivity index is 1.97. The smallest absolute Gasteiger partial charge is 0.238 e. The molecular weight excluding hydrogens is 292 g/mol. The molecule has 0 heterocycles. The monoisotopic (exact) mass is 312 g/mol. The molecule has 0 unspecified atom stereocenters. The molecule has 0 bridgehead atoms. The second kappa shape index (κ2) is 6.03. The average molecular weight is 312 g/mol. The summed E-state index contributed by atoms with van der Waals surface area (Å²) in [7, 11) is -3.73. The normalized spacial score (nSPS) is 14.8. The van der Waals surface area contributed by atoms with Gasteiger partial charge >= 0.3 is 0 Å². The van der Waals surface area contributed by atoms with E-state index in [0.29, 0.717) is 22.9 Å². The number of benzene rings is 1. The van der Waals surface area contributed by atoms with Crippen molar-refractivity contribution >= 4 is 15.9 Å². The molecule has 2 rings (SSSR count). The van der Waals surface area contributed by atoms with Crippen LogP contribution in [-0.4, -0.2) is 27.0 Å². The van der Waals surface area contributed by atoms with Crippen LogP contribution in [0.2, 0.25) is 0 Å². The minimum absolute atomic E-state index is 0.0203. The van der Waals surface area contributed by atoms with Crippen LogP contribution in [0.1, 0.15) is 30.4 Å². The molecule has 1 aromatic rings. The van der Waals surface area contributed by atoms with Gasteiger partial charge in [-0.25, -0.2) is 13.6 Å². The number of primary sulfonamides is 1. The van der Waals surface area contributed by atoms with Gasteiger partial charge in [-0.1, -0.05) is 0 Å². The van der Waals surface area contributed by atoms with Crippen LogP contribution in [0.25, 0.3) is 0 Å². The quantitative estimate of drug-likeness (QED) is 0.818. The van der Waals surface area contributed by atoms with Gasteiger partial charge in [-0.15, -0.1) is 0 Å². The van der Waals surface area contributed by atoms with Gasteiger partial charge in [-0.05, 0) is 49.9 Å². The van der Waals surface area contributed by atoms with E-state index in [9.17, 15) is 13.2 Å². The molecule has 0 aliphatic heterocycles. The Hall–Kier alpha value is -1.60. The summed E-state index contributed by atoms with van der Waals surface area (Å²) in [5, 5.41) is 8.03. The van der Waals surface area contributed by atoms with Crippen molar-refractivity contribution in [2.24, 2.45) is 5.14 Å². The minimum atomic E-state index is -3.73. The Bertz CT molecular complexity index is 651. The van der Waals surface area contributed by atoms with Crippen LogP contribution in [0, 0.1) is 13.8 Å². The number of carbonyl (C=O) groups excluding carboxylic acids is 1. The number of carbonyl (C=O) groups is 1. The standard InChI is InChI=1S/C14H20N2O4S/c1-9-8-13(21(15,18)19)10(2)7-12(9)20-6-5-14(17)16-11-3-4-11/h7-8,11H,3-6H2,1-2H3,(H,16,17)(H2,15,18,19). The highest BCUT2D eigenvalue weighted by molar-refractivity contribution is 7.89. The molecule has 0 atom stereocenters. The fourth-order valence-electron chi connectivity index (χ4n) is 2.01. The number of sulfonamides is 1. The van der Waals surface area contributed by atoms with Crippen LogP contribution < -0.4 is 15.2 Å².